The van der Waals surface area contributed by atoms with E-state index in [1.54, 1.807) is 0 Å². The van der Waals surface area contributed by atoms with Gasteiger partial charge in [0.2, 0.25) is 0 Å². The second-order valence-electron chi connectivity index (χ2n) is 3.74. The predicted octanol–water partition coefficient (Wildman–Crippen LogP) is 1.05. The third-order valence-electron chi connectivity index (χ3n) is 2.44. The molecule has 4 heteroatoms. The van der Waals surface area contributed by atoms with Gasteiger partial charge in [0.05, 0.1) is 0 Å². The monoisotopic (exact) mass is 207 g/mol. The van der Waals surface area contributed by atoms with E-state index in [4.69, 9.17) is 4.74 Å². The van der Waals surface area contributed by atoms with Crippen LogP contribution in [0.25, 0.3) is 0 Å². The zero-order valence-electron chi connectivity index (χ0n) is 9.12. The topological polar surface area (TPSA) is 47.0 Å². The molecule has 1 N–H and O–H groups in total. The zero-order valence-corrected chi connectivity index (χ0v) is 9.12. The summed E-state index contributed by atoms with van der Waals surface area (Å²) in [5.74, 6) is 0.809. The number of ether oxygens (including phenoxy) is 1. The number of aromatic nitrogens is 2. The first-order valence-electron chi connectivity index (χ1n) is 5.52. The summed E-state index contributed by atoms with van der Waals surface area (Å²) in [6, 6.07) is 0. The highest BCUT2D eigenvalue weighted by atomic mass is 16.5. The average Bonchev–Trinajstić information content (AvgIpc) is 2.29. The van der Waals surface area contributed by atoms with Crippen molar-refractivity contribution in [2.75, 3.05) is 13.2 Å². The summed E-state index contributed by atoms with van der Waals surface area (Å²) in [6.07, 6.45) is 3.95. The number of hydrogen-bond acceptors (Lipinski definition) is 4. The van der Waals surface area contributed by atoms with E-state index >= 15 is 0 Å². The van der Waals surface area contributed by atoms with Crippen molar-refractivity contribution in [1.29, 1.82) is 0 Å². The minimum atomic E-state index is 0.536. The summed E-state index contributed by atoms with van der Waals surface area (Å²) in [7, 11) is 0. The molecule has 0 saturated carbocycles. The van der Waals surface area contributed by atoms with Crippen LogP contribution in [-0.2, 0) is 24.3 Å². The SMILES string of the molecule is CCCOCc1ncc2c(n1)CCNC2. The van der Waals surface area contributed by atoms with Gasteiger partial charge in [-0.2, -0.15) is 0 Å². The van der Waals surface area contributed by atoms with E-state index in [2.05, 4.69) is 22.2 Å². The summed E-state index contributed by atoms with van der Waals surface area (Å²) < 4.78 is 5.42. The number of rotatable bonds is 4. The van der Waals surface area contributed by atoms with Crippen molar-refractivity contribution < 1.29 is 4.74 Å². The van der Waals surface area contributed by atoms with E-state index < -0.39 is 0 Å². The number of nitrogens with one attached hydrogen (secondary N) is 1. The molecule has 1 aliphatic heterocycles. The molecule has 0 radical (unpaired) electrons. The second kappa shape index (κ2) is 5.19. The second-order valence-corrected chi connectivity index (χ2v) is 3.74. The molecule has 15 heavy (non-hydrogen) atoms. The number of fused-ring (bicyclic) bond motifs is 1. The van der Waals surface area contributed by atoms with Crippen LogP contribution < -0.4 is 5.32 Å². The molecule has 0 unspecified atom stereocenters. The molecule has 1 aromatic rings. The van der Waals surface area contributed by atoms with Crippen molar-refractivity contribution in [2.24, 2.45) is 0 Å². The summed E-state index contributed by atoms with van der Waals surface area (Å²) in [5, 5.41) is 3.30. The van der Waals surface area contributed by atoms with E-state index in [0.29, 0.717) is 6.61 Å². The van der Waals surface area contributed by atoms with Gasteiger partial charge in [0.15, 0.2) is 5.82 Å². The van der Waals surface area contributed by atoms with E-state index in [1.807, 2.05) is 6.20 Å². The van der Waals surface area contributed by atoms with Crippen molar-refractivity contribution in [3.63, 3.8) is 0 Å². The van der Waals surface area contributed by atoms with Gasteiger partial charge in [-0.25, -0.2) is 9.97 Å². The molecular formula is C11H17N3O. The number of hydrogen-bond donors (Lipinski definition) is 1. The molecule has 2 rings (SSSR count). The Morgan fingerprint density at radius 1 is 1.53 bits per heavy atom. The Morgan fingerprint density at radius 2 is 2.47 bits per heavy atom. The fourth-order valence-electron chi connectivity index (χ4n) is 1.65. The fraction of sp³-hybridized carbons (Fsp3) is 0.636. The van der Waals surface area contributed by atoms with Crippen LogP contribution in [0.4, 0.5) is 0 Å². The van der Waals surface area contributed by atoms with Crippen LogP contribution >= 0.6 is 0 Å². The van der Waals surface area contributed by atoms with E-state index in [1.165, 1.54) is 11.3 Å². The molecule has 0 saturated heterocycles. The molecular weight excluding hydrogens is 190 g/mol. The average molecular weight is 207 g/mol. The molecule has 82 valence electrons. The van der Waals surface area contributed by atoms with Crippen molar-refractivity contribution in [2.45, 2.75) is 32.9 Å². The molecule has 0 amide bonds. The lowest BCUT2D eigenvalue weighted by Crippen LogP contribution is -2.25. The smallest absolute Gasteiger partial charge is 0.154 e. The minimum Gasteiger partial charge on any atom is -0.373 e. The van der Waals surface area contributed by atoms with E-state index in [9.17, 15) is 0 Å². The summed E-state index contributed by atoms with van der Waals surface area (Å²) in [6.45, 7) is 5.32. The Hall–Kier alpha value is -1.00. The summed E-state index contributed by atoms with van der Waals surface area (Å²) in [4.78, 5) is 8.80. The van der Waals surface area contributed by atoms with Gasteiger partial charge in [-0.3, -0.25) is 0 Å². The highest BCUT2D eigenvalue weighted by Crippen LogP contribution is 2.10. The highest BCUT2D eigenvalue weighted by Gasteiger charge is 2.11. The summed E-state index contributed by atoms with van der Waals surface area (Å²) in [5.41, 5.74) is 2.40. The Labute approximate surface area is 90.1 Å². The predicted molar refractivity (Wildman–Crippen MR) is 57.4 cm³/mol. The maximum absolute atomic E-state index is 5.42. The van der Waals surface area contributed by atoms with E-state index in [-0.39, 0.29) is 0 Å². The first kappa shape index (κ1) is 10.5. The molecule has 0 aliphatic carbocycles. The van der Waals surface area contributed by atoms with Crippen LogP contribution in [0.15, 0.2) is 6.20 Å². The van der Waals surface area contributed by atoms with Gasteiger partial charge < -0.3 is 10.1 Å². The zero-order chi connectivity index (χ0) is 10.5. The Balaban J connectivity index is 2.00. The first-order valence-corrected chi connectivity index (χ1v) is 5.52. The maximum atomic E-state index is 5.42. The molecule has 4 nitrogen and oxygen atoms in total. The Kier molecular flexibility index (Phi) is 3.64. The number of nitrogens with zero attached hydrogens (tertiary/aromatic N) is 2. The van der Waals surface area contributed by atoms with Crippen LogP contribution in [0.2, 0.25) is 0 Å². The van der Waals surface area contributed by atoms with E-state index in [0.717, 1.165) is 38.4 Å². The van der Waals surface area contributed by atoms with Gasteiger partial charge in [-0.15, -0.1) is 0 Å². The van der Waals surface area contributed by atoms with Crippen LogP contribution in [0.3, 0.4) is 0 Å². The van der Waals surface area contributed by atoms with Gasteiger partial charge in [-0.05, 0) is 6.42 Å². The largest absolute Gasteiger partial charge is 0.373 e. The molecule has 1 aromatic heterocycles. The van der Waals surface area contributed by atoms with Crippen molar-refractivity contribution in [3.8, 4) is 0 Å². The van der Waals surface area contributed by atoms with Crippen molar-refractivity contribution in [3.05, 3.63) is 23.3 Å². The van der Waals surface area contributed by atoms with Crippen LogP contribution in [0.1, 0.15) is 30.4 Å². The quantitative estimate of drug-likeness (QED) is 0.750. The molecule has 2 heterocycles. The van der Waals surface area contributed by atoms with Crippen LogP contribution in [-0.4, -0.2) is 23.1 Å². The van der Waals surface area contributed by atoms with Gasteiger partial charge in [0.1, 0.15) is 6.61 Å². The van der Waals surface area contributed by atoms with Gasteiger partial charge in [0, 0.05) is 43.6 Å². The minimum absolute atomic E-state index is 0.536. The lowest BCUT2D eigenvalue weighted by atomic mass is 10.1. The Morgan fingerprint density at radius 3 is 3.33 bits per heavy atom. The highest BCUT2D eigenvalue weighted by molar-refractivity contribution is 5.20. The standard InChI is InChI=1S/C11H17N3O/c1-2-5-15-8-11-13-7-9-6-12-4-3-10(9)14-11/h7,12H,2-6,8H2,1H3. The Bertz CT molecular complexity index is 328. The molecule has 0 bridgehead atoms. The van der Waals surface area contributed by atoms with Crippen molar-refractivity contribution >= 4 is 0 Å². The fourth-order valence-corrected chi connectivity index (χ4v) is 1.65. The lowest BCUT2D eigenvalue weighted by Gasteiger charge is -2.15. The van der Waals surface area contributed by atoms with Gasteiger partial charge in [-0.1, -0.05) is 6.92 Å². The van der Waals surface area contributed by atoms with Crippen molar-refractivity contribution in [1.82, 2.24) is 15.3 Å². The lowest BCUT2D eigenvalue weighted by molar-refractivity contribution is 0.116. The van der Waals surface area contributed by atoms with Gasteiger partial charge >= 0.3 is 0 Å². The normalized spacial score (nSPS) is 15.0. The van der Waals surface area contributed by atoms with Crippen LogP contribution in [0.5, 0.6) is 0 Å². The molecule has 0 atom stereocenters. The molecule has 0 aromatic carbocycles. The third-order valence-corrected chi connectivity index (χ3v) is 2.44. The molecule has 1 aliphatic rings. The third kappa shape index (κ3) is 2.73. The molecule has 0 fully saturated rings. The van der Waals surface area contributed by atoms with Crippen LogP contribution in [0, 0.1) is 0 Å². The first-order chi connectivity index (χ1) is 7.40. The molecule has 0 spiro atoms. The van der Waals surface area contributed by atoms with Gasteiger partial charge in [0.25, 0.3) is 0 Å². The summed E-state index contributed by atoms with van der Waals surface area (Å²) >= 11 is 0. The maximum Gasteiger partial charge on any atom is 0.154 e.